The van der Waals surface area contributed by atoms with Gasteiger partial charge < -0.3 is 10.2 Å². The monoisotopic (exact) mass is 478 g/mol. The molecule has 1 aromatic carbocycles. The smallest absolute Gasteiger partial charge is 0.252 e. The molecule has 1 aliphatic heterocycles. The summed E-state index contributed by atoms with van der Waals surface area (Å²) >= 11 is 0. The van der Waals surface area contributed by atoms with Crippen molar-refractivity contribution in [2.45, 2.75) is 39.4 Å². The van der Waals surface area contributed by atoms with Crippen LogP contribution in [0.5, 0.6) is 0 Å². The van der Waals surface area contributed by atoms with Crippen molar-refractivity contribution in [2.24, 2.45) is 0 Å². The number of rotatable bonds is 7. The van der Waals surface area contributed by atoms with Gasteiger partial charge in [-0.1, -0.05) is 18.7 Å². The third-order valence-corrected chi connectivity index (χ3v) is 6.36. The second-order valence-corrected chi connectivity index (χ2v) is 9.13. The van der Waals surface area contributed by atoms with Crippen molar-refractivity contribution in [2.75, 3.05) is 31.5 Å². The van der Waals surface area contributed by atoms with E-state index in [-0.39, 0.29) is 29.4 Å². The molecule has 35 heavy (non-hydrogen) atoms. The van der Waals surface area contributed by atoms with Gasteiger partial charge in [-0.05, 0) is 44.5 Å². The van der Waals surface area contributed by atoms with Crippen LogP contribution in [0.3, 0.4) is 0 Å². The second kappa shape index (κ2) is 10.4. The van der Waals surface area contributed by atoms with Gasteiger partial charge in [-0.15, -0.1) is 0 Å². The highest BCUT2D eigenvalue weighted by molar-refractivity contribution is 5.87. The zero-order chi connectivity index (χ0) is 25.1. The molecular weight excluding hydrogens is 447 g/mol. The van der Waals surface area contributed by atoms with Crippen LogP contribution in [0.1, 0.15) is 44.0 Å². The third kappa shape index (κ3) is 5.40. The standard InChI is InChI=1S/C26H31FN6O2/c1-5-23(34)32-12-10-31(11-13-32)16-21-7-6-19(14-22(21)27)18(4)29-26-28-15-20-8-9-24(35)33(17(2)3)25(20)30-26/h5-9,14-15,17-18H,1,10-13,16H2,2-4H3,(H,28,29,30). The van der Waals surface area contributed by atoms with Gasteiger partial charge >= 0.3 is 0 Å². The minimum absolute atomic E-state index is 0.0431. The number of amides is 1. The van der Waals surface area contributed by atoms with E-state index in [1.807, 2.05) is 32.9 Å². The maximum absolute atomic E-state index is 15.0. The number of piperazine rings is 1. The van der Waals surface area contributed by atoms with Crippen molar-refractivity contribution in [1.82, 2.24) is 24.3 Å². The van der Waals surface area contributed by atoms with Gasteiger partial charge in [-0.25, -0.2) is 9.37 Å². The summed E-state index contributed by atoms with van der Waals surface area (Å²) in [7, 11) is 0. The first-order chi connectivity index (χ1) is 16.8. The SMILES string of the molecule is C=CC(=O)N1CCN(Cc2ccc(C(C)Nc3ncc4ccc(=O)n(C(C)C)c4n3)cc2F)CC1. The number of hydrogen-bond acceptors (Lipinski definition) is 6. The number of nitrogens with zero attached hydrogens (tertiary/aromatic N) is 5. The summed E-state index contributed by atoms with van der Waals surface area (Å²) in [6.07, 6.45) is 3.01. The Labute approximate surface area is 204 Å². The average Bonchev–Trinajstić information content (AvgIpc) is 2.84. The highest BCUT2D eigenvalue weighted by Crippen LogP contribution is 2.22. The van der Waals surface area contributed by atoms with Crippen LogP contribution in [0.25, 0.3) is 11.0 Å². The predicted octanol–water partition coefficient (Wildman–Crippen LogP) is 3.51. The van der Waals surface area contributed by atoms with Crippen molar-refractivity contribution in [3.63, 3.8) is 0 Å². The molecule has 2 aromatic heterocycles. The van der Waals surface area contributed by atoms with Gasteiger partial charge in [0.25, 0.3) is 5.56 Å². The fraction of sp³-hybridized carbons (Fsp3) is 0.385. The number of nitrogens with one attached hydrogen (secondary N) is 1. The first-order valence-electron chi connectivity index (χ1n) is 11.8. The highest BCUT2D eigenvalue weighted by atomic mass is 19.1. The lowest BCUT2D eigenvalue weighted by Crippen LogP contribution is -2.47. The van der Waals surface area contributed by atoms with Gasteiger partial charge in [0.1, 0.15) is 11.5 Å². The third-order valence-electron chi connectivity index (χ3n) is 6.36. The zero-order valence-electron chi connectivity index (χ0n) is 20.4. The molecule has 3 heterocycles. The lowest BCUT2D eigenvalue weighted by Gasteiger charge is -2.34. The molecule has 9 heteroatoms. The van der Waals surface area contributed by atoms with Crippen LogP contribution in [0.2, 0.25) is 0 Å². The van der Waals surface area contributed by atoms with Crippen molar-refractivity contribution >= 4 is 22.9 Å². The predicted molar refractivity (Wildman–Crippen MR) is 135 cm³/mol. The average molecular weight is 479 g/mol. The highest BCUT2D eigenvalue weighted by Gasteiger charge is 2.21. The van der Waals surface area contributed by atoms with Crippen LogP contribution >= 0.6 is 0 Å². The first kappa shape index (κ1) is 24.5. The van der Waals surface area contributed by atoms with Gasteiger partial charge in [-0.2, -0.15) is 4.98 Å². The summed E-state index contributed by atoms with van der Waals surface area (Å²) < 4.78 is 16.6. The molecule has 1 saturated heterocycles. The van der Waals surface area contributed by atoms with E-state index in [2.05, 4.69) is 26.8 Å². The quantitative estimate of drug-likeness (QED) is 0.524. The van der Waals surface area contributed by atoms with Crippen LogP contribution < -0.4 is 10.9 Å². The van der Waals surface area contributed by atoms with E-state index >= 15 is 0 Å². The van der Waals surface area contributed by atoms with Crippen LogP contribution in [-0.4, -0.2) is 56.4 Å². The Morgan fingerprint density at radius 3 is 2.57 bits per heavy atom. The Morgan fingerprint density at radius 2 is 1.91 bits per heavy atom. The summed E-state index contributed by atoms with van der Waals surface area (Å²) in [4.78, 5) is 36.9. The number of hydrogen-bond donors (Lipinski definition) is 1. The molecule has 1 atom stereocenters. The maximum atomic E-state index is 15.0. The van der Waals surface area contributed by atoms with E-state index in [9.17, 15) is 14.0 Å². The number of fused-ring (bicyclic) bond motifs is 1. The summed E-state index contributed by atoms with van der Waals surface area (Å²) in [5.74, 6) is 0.0415. The number of carbonyl (C=O) groups is 1. The molecule has 0 bridgehead atoms. The minimum atomic E-state index is -0.270. The summed E-state index contributed by atoms with van der Waals surface area (Å²) in [6.45, 7) is 12.4. The van der Waals surface area contributed by atoms with Gasteiger partial charge in [0, 0.05) is 62.0 Å². The topological polar surface area (TPSA) is 83.4 Å². The van der Waals surface area contributed by atoms with Crippen LogP contribution in [0.15, 0.2) is 54.0 Å². The summed E-state index contributed by atoms with van der Waals surface area (Å²) in [5.41, 5.74) is 1.84. The molecular formula is C26H31FN6O2. The second-order valence-electron chi connectivity index (χ2n) is 9.13. The number of pyridine rings is 1. The molecule has 184 valence electrons. The van der Waals surface area contributed by atoms with Crippen LogP contribution in [-0.2, 0) is 11.3 Å². The Kier molecular flexibility index (Phi) is 7.25. The number of aromatic nitrogens is 3. The molecule has 1 fully saturated rings. The Morgan fingerprint density at radius 1 is 1.17 bits per heavy atom. The fourth-order valence-electron chi connectivity index (χ4n) is 4.34. The Bertz CT molecular complexity index is 1300. The normalized spacial score (nSPS) is 15.4. The van der Waals surface area contributed by atoms with Crippen molar-refractivity contribution in [3.8, 4) is 0 Å². The van der Waals surface area contributed by atoms with E-state index in [0.717, 1.165) is 10.9 Å². The van der Waals surface area contributed by atoms with E-state index < -0.39 is 0 Å². The number of carbonyl (C=O) groups excluding carboxylic acids is 1. The molecule has 8 nitrogen and oxygen atoms in total. The van der Waals surface area contributed by atoms with E-state index in [4.69, 9.17) is 0 Å². The summed E-state index contributed by atoms with van der Waals surface area (Å²) in [6, 6.07) is 8.20. The molecule has 0 saturated carbocycles. The Balaban J connectivity index is 1.45. The summed E-state index contributed by atoms with van der Waals surface area (Å²) in [5, 5.41) is 4.00. The molecule has 1 N–H and O–H groups in total. The molecule has 0 aliphatic carbocycles. The van der Waals surface area contributed by atoms with E-state index in [1.54, 1.807) is 21.7 Å². The molecule has 0 radical (unpaired) electrons. The number of anilines is 1. The van der Waals surface area contributed by atoms with Crippen LogP contribution in [0.4, 0.5) is 10.3 Å². The van der Waals surface area contributed by atoms with Crippen molar-refractivity contribution in [1.29, 1.82) is 0 Å². The number of benzene rings is 1. The molecule has 1 aliphatic rings. The Hall–Kier alpha value is -3.59. The van der Waals surface area contributed by atoms with Gasteiger partial charge in [0.05, 0.1) is 6.04 Å². The van der Waals surface area contributed by atoms with Crippen LogP contribution in [0, 0.1) is 5.82 Å². The minimum Gasteiger partial charge on any atom is -0.348 e. The van der Waals surface area contributed by atoms with Gasteiger partial charge in [0.2, 0.25) is 11.9 Å². The number of halogens is 1. The van der Waals surface area contributed by atoms with Gasteiger partial charge in [0.15, 0.2) is 0 Å². The molecule has 1 unspecified atom stereocenters. The molecule has 1 amide bonds. The van der Waals surface area contributed by atoms with Crippen molar-refractivity contribution < 1.29 is 9.18 Å². The molecule has 3 aromatic rings. The maximum Gasteiger partial charge on any atom is 0.252 e. The van der Waals surface area contributed by atoms with Crippen molar-refractivity contribution in [3.05, 3.63) is 76.5 Å². The fourth-order valence-corrected chi connectivity index (χ4v) is 4.34. The van der Waals surface area contributed by atoms with E-state index in [0.29, 0.717) is 49.9 Å². The molecule has 0 spiro atoms. The lowest BCUT2D eigenvalue weighted by molar-refractivity contribution is -0.127. The zero-order valence-corrected chi connectivity index (χ0v) is 20.4. The largest absolute Gasteiger partial charge is 0.348 e. The van der Waals surface area contributed by atoms with Gasteiger partial charge in [-0.3, -0.25) is 19.1 Å². The van der Waals surface area contributed by atoms with E-state index in [1.165, 1.54) is 18.2 Å². The molecule has 4 rings (SSSR count). The first-order valence-corrected chi connectivity index (χ1v) is 11.8. The lowest BCUT2D eigenvalue weighted by atomic mass is 10.0.